The van der Waals surface area contributed by atoms with Crippen LogP contribution in [0.4, 0.5) is 0 Å². The molecule has 2 aromatic rings. The highest BCUT2D eigenvalue weighted by atomic mass is 127. The van der Waals surface area contributed by atoms with Gasteiger partial charge in [0.2, 0.25) is 0 Å². The van der Waals surface area contributed by atoms with Crippen molar-refractivity contribution in [2.45, 2.75) is 0 Å². The molecule has 0 aliphatic carbocycles. The van der Waals surface area contributed by atoms with E-state index in [1.165, 1.54) is 3.57 Å². The maximum atomic E-state index is 5.85. The molecule has 0 atom stereocenters. The van der Waals surface area contributed by atoms with Crippen molar-refractivity contribution in [1.82, 2.24) is 0 Å². The molecular formula is C14H10ClI. The van der Waals surface area contributed by atoms with Gasteiger partial charge in [-0.15, -0.1) is 0 Å². The molecule has 0 aliphatic rings. The second-order valence-electron chi connectivity index (χ2n) is 3.49. The molecule has 0 bridgehead atoms. The van der Waals surface area contributed by atoms with E-state index < -0.39 is 0 Å². The van der Waals surface area contributed by atoms with Gasteiger partial charge in [0.05, 0.1) is 0 Å². The minimum Gasteiger partial charge on any atom is -0.0906 e. The number of rotatable bonds is 2. The first-order valence-electron chi connectivity index (χ1n) is 4.87. The lowest BCUT2D eigenvalue weighted by atomic mass is 10.00. The van der Waals surface area contributed by atoms with Crippen molar-refractivity contribution in [2.24, 2.45) is 0 Å². The van der Waals surface area contributed by atoms with Gasteiger partial charge in [-0.1, -0.05) is 42.4 Å². The van der Waals surface area contributed by atoms with Gasteiger partial charge in [0.25, 0.3) is 0 Å². The summed E-state index contributed by atoms with van der Waals surface area (Å²) >= 11 is 8.14. The van der Waals surface area contributed by atoms with Crippen LogP contribution in [0.3, 0.4) is 0 Å². The van der Waals surface area contributed by atoms with Crippen LogP contribution in [0.25, 0.3) is 5.57 Å². The van der Waals surface area contributed by atoms with Crippen molar-refractivity contribution in [3.8, 4) is 0 Å². The molecule has 0 fully saturated rings. The number of benzene rings is 2. The highest BCUT2D eigenvalue weighted by Gasteiger charge is 2.01. The first kappa shape index (κ1) is 11.7. The van der Waals surface area contributed by atoms with Gasteiger partial charge in [-0.05, 0) is 63.6 Å². The third-order valence-corrected chi connectivity index (χ3v) is 3.36. The Hall–Kier alpha value is -0.800. The number of halogens is 2. The SMILES string of the molecule is C=C(c1ccc(Cl)cc1)c1ccc(I)cc1. The lowest BCUT2D eigenvalue weighted by Gasteiger charge is -2.06. The van der Waals surface area contributed by atoms with Crippen LogP contribution in [0, 0.1) is 3.57 Å². The molecule has 2 rings (SSSR count). The third-order valence-electron chi connectivity index (χ3n) is 2.39. The van der Waals surface area contributed by atoms with Crippen LogP contribution in [-0.4, -0.2) is 0 Å². The summed E-state index contributed by atoms with van der Waals surface area (Å²) in [5, 5.41) is 0.749. The first-order valence-corrected chi connectivity index (χ1v) is 6.33. The van der Waals surface area contributed by atoms with Crippen LogP contribution in [0.1, 0.15) is 11.1 Å². The Labute approximate surface area is 114 Å². The molecule has 0 saturated heterocycles. The number of hydrogen-bond acceptors (Lipinski definition) is 0. The predicted molar refractivity (Wildman–Crippen MR) is 78.7 cm³/mol. The van der Waals surface area contributed by atoms with Crippen LogP contribution < -0.4 is 0 Å². The largest absolute Gasteiger partial charge is 0.0906 e. The predicted octanol–water partition coefficient (Wildman–Crippen LogP) is 5.01. The molecule has 0 aliphatic heterocycles. The van der Waals surface area contributed by atoms with Gasteiger partial charge >= 0.3 is 0 Å². The Morgan fingerprint density at radius 2 is 1.31 bits per heavy atom. The zero-order valence-corrected chi connectivity index (χ0v) is 11.5. The summed E-state index contributed by atoms with van der Waals surface area (Å²) in [6, 6.07) is 16.1. The highest BCUT2D eigenvalue weighted by Crippen LogP contribution is 2.23. The minimum atomic E-state index is 0.749. The molecule has 0 nitrogen and oxygen atoms in total. The second-order valence-corrected chi connectivity index (χ2v) is 5.17. The number of hydrogen-bond donors (Lipinski definition) is 0. The van der Waals surface area contributed by atoms with E-state index >= 15 is 0 Å². The van der Waals surface area contributed by atoms with Crippen molar-refractivity contribution in [2.75, 3.05) is 0 Å². The molecule has 0 heterocycles. The average Bonchev–Trinajstić information content (AvgIpc) is 2.30. The van der Waals surface area contributed by atoms with E-state index in [4.69, 9.17) is 11.6 Å². The summed E-state index contributed by atoms with van der Waals surface area (Å²) in [5.74, 6) is 0. The Balaban J connectivity index is 2.32. The maximum Gasteiger partial charge on any atom is 0.0406 e. The van der Waals surface area contributed by atoms with Crippen molar-refractivity contribution in [3.63, 3.8) is 0 Å². The minimum absolute atomic E-state index is 0.749. The normalized spacial score (nSPS) is 10.1. The topological polar surface area (TPSA) is 0 Å². The van der Waals surface area contributed by atoms with E-state index in [0.29, 0.717) is 0 Å². The van der Waals surface area contributed by atoms with E-state index in [0.717, 1.165) is 21.7 Å². The Bertz CT molecular complexity index is 450. The molecule has 0 amide bonds. The lowest BCUT2D eigenvalue weighted by Crippen LogP contribution is -1.85. The molecule has 0 radical (unpaired) electrons. The summed E-state index contributed by atoms with van der Waals surface area (Å²) in [6.45, 7) is 4.11. The second kappa shape index (κ2) is 5.02. The van der Waals surface area contributed by atoms with Gasteiger partial charge in [0.1, 0.15) is 0 Å². The fourth-order valence-corrected chi connectivity index (χ4v) is 1.95. The van der Waals surface area contributed by atoms with Crippen LogP contribution in [0.2, 0.25) is 5.02 Å². The molecule has 2 aromatic carbocycles. The van der Waals surface area contributed by atoms with E-state index in [1.807, 2.05) is 24.3 Å². The van der Waals surface area contributed by atoms with E-state index in [2.05, 4.69) is 53.4 Å². The maximum absolute atomic E-state index is 5.85. The molecule has 80 valence electrons. The molecule has 0 aromatic heterocycles. The third kappa shape index (κ3) is 2.66. The van der Waals surface area contributed by atoms with Gasteiger partial charge in [0, 0.05) is 8.59 Å². The lowest BCUT2D eigenvalue weighted by molar-refractivity contribution is 1.54. The van der Waals surface area contributed by atoms with Gasteiger partial charge < -0.3 is 0 Å². The van der Waals surface area contributed by atoms with Crippen molar-refractivity contribution in [3.05, 3.63) is 74.8 Å². The molecule has 2 heteroatoms. The van der Waals surface area contributed by atoms with E-state index in [9.17, 15) is 0 Å². The van der Waals surface area contributed by atoms with E-state index in [1.54, 1.807) is 0 Å². The zero-order valence-electron chi connectivity index (χ0n) is 8.58. The average molecular weight is 341 g/mol. The van der Waals surface area contributed by atoms with Gasteiger partial charge in [-0.2, -0.15) is 0 Å². The summed E-state index contributed by atoms with van der Waals surface area (Å²) in [6.07, 6.45) is 0. The zero-order chi connectivity index (χ0) is 11.5. The smallest absolute Gasteiger partial charge is 0.0406 e. The van der Waals surface area contributed by atoms with Crippen LogP contribution >= 0.6 is 34.2 Å². The van der Waals surface area contributed by atoms with Crippen molar-refractivity contribution >= 4 is 39.8 Å². The monoisotopic (exact) mass is 340 g/mol. The fourth-order valence-electron chi connectivity index (χ4n) is 1.47. The first-order chi connectivity index (χ1) is 7.66. The van der Waals surface area contributed by atoms with Gasteiger partial charge in [-0.25, -0.2) is 0 Å². The Morgan fingerprint density at radius 3 is 1.81 bits per heavy atom. The van der Waals surface area contributed by atoms with E-state index in [-0.39, 0.29) is 0 Å². The summed E-state index contributed by atoms with van der Waals surface area (Å²) in [5.41, 5.74) is 3.27. The fraction of sp³-hybridized carbons (Fsp3) is 0. The van der Waals surface area contributed by atoms with Crippen molar-refractivity contribution < 1.29 is 0 Å². The quantitative estimate of drug-likeness (QED) is 0.674. The highest BCUT2D eigenvalue weighted by molar-refractivity contribution is 14.1. The molecule has 0 unspecified atom stereocenters. The van der Waals surface area contributed by atoms with Crippen LogP contribution in [0.15, 0.2) is 55.1 Å². The standard InChI is InChI=1S/C14H10ClI/c1-10(11-2-6-13(15)7-3-11)12-4-8-14(16)9-5-12/h2-9H,1H2. The Morgan fingerprint density at radius 1 is 0.875 bits per heavy atom. The molecule has 0 spiro atoms. The molecule has 0 N–H and O–H groups in total. The van der Waals surface area contributed by atoms with Gasteiger partial charge in [-0.3, -0.25) is 0 Å². The van der Waals surface area contributed by atoms with Crippen LogP contribution in [-0.2, 0) is 0 Å². The molecule has 16 heavy (non-hydrogen) atoms. The van der Waals surface area contributed by atoms with Crippen LogP contribution in [0.5, 0.6) is 0 Å². The molecular weight excluding hydrogens is 331 g/mol. The van der Waals surface area contributed by atoms with Crippen molar-refractivity contribution in [1.29, 1.82) is 0 Å². The van der Waals surface area contributed by atoms with Gasteiger partial charge in [0.15, 0.2) is 0 Å². The summed E-state index contributed by atoms with van der Waals surface area (Å²) in [4.78, 5) is 0. The Kier molecular flexibility index (Phi) is 3.66. The molecule has 0 saturated carbocycles. The summed E-state index contributed by atoms with van der Waals surface area (Å²) < 4.78 is 1.23. The summed E-state index contributed by atoms with van der Waals surface area (Å²) in [7, 11) is 0.